The van der Waals surface area contributed by atoms with E-state index < -0.39 is 0 Å². The zero-order chi connectivity index (χ0) is 22.1. The summed E-state index contributed by atoms with van der Waals surface area (Å²) in [6, 6.07) is 13.0. The quantitative estimate of drug-likeness (QED) is 0.462. The molecule has 4 aromatic rings. The highest BCUT2D eigenvalue weighted by Gasteiger charge is 2.21. The van der Waals surface area contributed by atoms with Crippen LogP contribution in [0.4, 0.5) is 0 Å². The number of hydrogen-bond donors (Lipinski definition) is 1. The number of benzene rings is 2. The van der Waals surface area contributed by atoms with Crippen molar-refractivity contribution in [2.45, 2.75) is 25.9 Å². The second-order valence-corrected chi connectivity index (χ2v) is 7.83. The van der Waals surface area contributed by atoms with E-state index in [1.807, 2.05) is 36.4 Å². The second-order valence-electron chi connectivity index (χ2n) is 7.83. The van der Waals surface area contributed by atoms with Crippen molar-refractivity contribution >= 4 is 27.8 Å². The molecule has 0 bridgehead atoms. The number of carbonyl (C=O) groups is 1. The Morgan fingerprint density at radius 2 is 2.00 bits per heavy atom. The van der Waals surface area contributed by atoms with Crippen LogP contribution in [0.25, 0.3) is 21.9 Å². The molecule has 1 N–H and O–H groups in total. The van der Waals surface area contributed by atoms with Gasteiger partial charge in [0.25, 0.3) is 5.91 Å². The number of aryl methyl sites for hydroxylation is 1. The zero-order valence-electron chi connectivity index (χ0n) is 18.0. The molecule has 7 heteroatoms. The van der Waals surface area contributed by atoms with Crippen LogP contribution in [-0.2, 0) is 4.74 Å². The summed E-state index contributed by atoms with van der Waals surface area (Å²) in [6.45, 7) is 3.06. The first-order chi connectivity index (χ1) is 15.6. The second kappa shape index (κ2) is 8.51. The summed E-state index contributed by atoms with van der Waals surface area (Å²) in [5, 5.41) is 4.60. The van der Waals surface area contributed by atoms with Gasteiger partial charge in [0, 0.05) is 42.3 Å². The third-order valence-electron chi connectivity index (χ3n) is 5.72. The third-order valence-corrected chi connectivity index (χ3v) is 5.72. The number of hydrogen-bond acceptors (Lipinski definition) is 6. The fourth-order valence-corrected chi connectivity index (χ4v) is 4.09. The monoisotopic (exact) mass is 432 g/mol. The van der Waals surface area contributed by atoms with Crippen LogP contribution in [0.3, 0.4) is 0 Å². The molecule has 164 valence electrons. The van der Waals surface area contributed by atoms with Gasteiger partial charge in [-0.2, -0.15) is 0 Å². The van der Waals surface area contributed by atoms with Crippen LogP contribution in [0.15, 0.2) is 53.1 Å². The van der Waals surface area contributed by atoms with Crippen LogP contribution >= 0.6 is 0 Å². The van der Waals surface area contributed by atoms with Gasteiger partial charge in [-0.05, 0) is 50.1 Å². The van der Waals surface area contributed by atoms with Crippen LogP contribution in [0.5, 0.6) is 17.2 Å². The van der Waals surface area contributed by atoms with E-state index in [9.17, 15) is 4.79 Å². The van der Waals surface area contributed by atoms with Crippen molar-refractivity contribution in [3.05, 3.63) is 60.0 Å². The predicted octanol–water partition coefficient (Wildman–Crippen LogP) is 5.00. The Morgan fingerprint density at radius 3 is 2.81 bits per heavy atom. The van der Waals surface area contributed by atoms with E-state index >= 15 is 0 Å². The van der Waals surface area contributed by atoms with E-state index in [0.717, 1.165) is 41.5 Å². The van der Waals surface area contributed by atoms with E-state index in [0.29, 0.717) is 35.0 Å². The summed E-state index contributed by atoms with van der Waals surface area (Å²) in [6.07, 6.45) is 3.80. The lowest BCUT2D eigenvalue weighted by atomic mass is 10.1. The van der Waals surface area contributed by atoms with Gasteiger partial charge in [0.2, 0.25) is 0 Å². The van der Waals surface area contributed by atoms with Gasteiger partial charge in [-0.1, -0.05) is 0 Å². The van der Waals surface area contributed by atoms with Crippen LogP contribution in [0.1, 0.15) is 29.0 Å². The number of methoxy groups -OCH3 is 1. The molecule has 3 heterocycles. The number of aromatic nitrogens is 1. The number of rotatable bonds is 6. The molecule has 0 aliphatic carbocycles. The molecule has 5 rings (SSSR count). The molecule has 1 saturated heterocycles. The minimum absolute atomic E-state index is 0.0903. The Hall–Kier alpha value is -3.58. The van der Waals surface area contributed by atoms with Gasteiger partial charge >= 0.3 is 0 Å². The number of nitrogens with one attached hydrogen (secondary N) is 1. The molecule has 2 aromatic carbocycles. The SMILES string of the molecule is COc1ccc2c(Oc3ccc4c(C(=O)NC[C@H]5CCCO5)c(C)oc4c3)ccnc2c1. The van der Waals surface area contributed by atoms with Gasteiger partial charge in [-0.15, -0.1) is 0 Å². The van der Waals surface area contributed by atoms with Crippen LogP contribution in [-0.4, -0.2) is 37.3 Å². The number of nitrogens with zero attached hydrogens (tertiary/aromatic N) is 1. The molecule has 0 spiro atoms. The summed E-state index contributed by atoms with van der Waals surface area (Å²) in [5.74, 6) is 2.44. The number of pyridine rings is 1. The van der Waals surface area contributed by atoms with Gasteiger partial charge in [0.1, 0.15) is 28.6 Å². The predicted molar refractivity (Wildman–Crippen MR) is 121 cm³/mol. The van der Waals surface area contributed by atoms with Crippen molar-refractivity contribution in [3.8, 4) is 17.2 Å². The number of fused-ring (bicyclic) bond motifs is 2. The molecule has 1 amide bonds. The van der Waals surface area contributed by atoms with Crippen molar-refractivity contribution in [3.63, 3.8) is 0 Å². The molecule has 7 nitrogen and oxygen atoms in total. The van der Waals surface area contributed by atoms with Crippen molar-refractivity contribution in [2.75, 3.05) is 20.3 Å². The van der Waals surface area contributed by atoms with Crippen molar-refractivity contribution in [2.24, 2.45) is 0 Å². The summed E-state index contributed by atoms with van der Waals surface area (Å²) in [7, 11) is 1.62. The van der Waals surface area contributed by atoms with E-state index in [1.54, 1.807) is 26.3 Å². The molecule has 32 heavy (non-hydrogen) atoms. The normalized spacial score (nSPS) is 15.9. The Morgan fingerprint density at radius 1 is 1.16 bits per heavy atom. The molecule has 1 atom stereocenters. The summed E-state index contributed by atoms with van der Waals surface area (Å²) < 4.78 is 22.9. The topological polar surface area (TPSA) is 82.8 Å². The molecule has 1 aliphatic heterocycles. The number of amides is 1. The van der Waals surface area contributed by atoms with Gasteiger partial charge in [-0.25, -0.2) is 0 Å². The fourth-order valence-electron chi connectivity index (χ4n) is 4.09. The number of ether oxygens (including phenoxy) is 3. The minimum Gasteiger partial charge on any atom is -0.497 e. The third kappa shape index (κ3) is 3.87. The van der Waals surface area contributed by atoms with Crippen molar-refractivity contribution in [1.82, 2.24) is 10.3 Å². The average Bonchev–Trinajstić information content (AvgIpc) is 3.44. The Balaban J connectivity index is 1.40. The molecule has 0 radical (unpaired) electrons. The summed E-state index contributed by atoms with van der Waals surface area (Å²) >= 11 is 0. The zero-order valence-corrected chi connectivity index (χ0v) is 18.0. The largest absolute Gasteiger partial charge is 0.497 e. The van der Waals surface area contributed by atoms with E-state index in [-0.39, 0.29) is 12.0 Å². The molecule has 1 fully saturated rings. The lowest BCUT2D eigenvalue weighted by Gasteiger charge is -2.11. The van der Waals surface area contributed by atoms with E-state index in [2.05, 4.69) is 10.3 Å². The number of carbonyl (C=O) groups excluding carboxylic acids is 1. The Bertz CT molecular complexity index is 1290. The maximum Gasteiger partial charge on any atom is 0.255 e. The smallest absolute Gasteiger partial charge is 0.255 e. The van der Waals surface area contributed by atoms with Crippen molar-refractivity contribution < 1.29 is 23.4 Å². The Kier molecular flexibility index (Phi) is 5.41. The van der Waals surface area contributed by atoms with Crippen molar-refractivity contribution in [1.29, 1.82) is 0 Å². The summed E-state index contributed by atoms with van der Waals surface area (Å²) in [5.41, 5.74) is 1.93. The first-order valence-electron chi connectivity index (χ1n) is 10.7. The van der Waals surface area contributed by atoms with Gasteiger partial charge in [0.05, 0.1) is 24.3 Å². The van der Waals surface area contributed by atoms with Crippen LogP contribution in [0.2, 0.25) is 0 Å². The van der Waals surface area contributed by atoms with Gasteiger partial charge in [-0.3, -0.25) is 9.78 Å². The van der Waals surface area contributed by atoms with Gasteiger partial charge < -0.3 is 23.9 Å². The Labute approximate surface area is 185 Å². The lowest BCUT2D eigenvalue weighted by Crippen LogP contribution is -2.31. The molecule has 0 saturated carbocycles. The molecular formula is C25H24N2O5. The fraction of sp³-hybridized carbons (Fsp3) is 0.280. The maximum absolute atomic E-state index is 12.8. The van der Waals surface area contributed by atoms with Crippen LogP contribution in [0, 0.1) is 6.92 Å². The van der Waals surface area contributed by atoms with Gasteiger partial charge in [0.15, 0.2) is 0 Å². The highest BCUT2D eigenvalue weighted by Crippen LogP contribution is 2.34. The highest BCUT2D eigenvalue weighted by molar-refractivity contribution is 6.07. The summed E-state index contributed by atoms with van der Waals surface area (Å²) in [4.78, 5) is 17.2. The molecule has 0 unspecified atom stereocenters. The number of furan rings is 1. The lowest BCUT2D eigenvalue weighted by molar-refractivity contribution is 0.0857. The first kappa shape index (κ1) is 20.3. The highest BCUT2D eigenvalue weighted by atomic mass is 16.5. The maximum atomic E-state index is 12.8. The standard InChI is InChI=1S/C25H24N2O5/c1-15-24(25(28)27-14-18-4-3-11-30-18)20-8-6-17(13-23(20)31-15)32-22-9-10-26-21-12-16(29-2)5-7-19(21)22/h5-10,12-13,18H,3-4,11,14H2,1-2H3,(H,27,28)/t18-/m1/s1. The van der Waals surface area contributed by atoms with Crippen LogP contribution < -0.4 is 14.8 Å². The molecule has 2 aromatic heterocycles. The first-order valence-corrected chi connectivity index (χ1v) is 10.7. The minimum atomic E-state index is -0.153. The van der Waals surface area contributed by atoms with E-state index in [1.165, 1.54) is 0 Å². The molecule has 1 aliphatic rings. The van der Waals surface area contributed by atoms with E-state index in [4.69, 9.17) is 18.6 Å². The average molecular weight is 432 g/mol. The molecular weight excluding hydrogens is 408 g/mol.